The van der Waals surface area contributed by atoms with E-state index in [-0.39, 0.29) is 29.2 Å². The minimum absolute atomic E-state index is 0. The van der Waals surface area contributed by atoms with Crippen LogP contribution in [0.4, 0.5) is 23.1 Å². The lowest BCUT2D eigenvalue weighted by Gasteiger charge is -2.28. The Hall–Kier alpha value is -3.41. The molecule has 1 fully saturated rings. The fraction of sp³-hybridized carbons (Fsp3) is 0.333. The molecular weight excluding hydrogens is 448 g/mol. The Labute approximate surface area is 196 Å². The van der Waals surface area contributed by atoms with Gasteiger partial charge in [-0.1, -0.05) is 0 Å². The number of fused-ring (bicyclic) bond motifs is 1. The molecular formula is C21H27ClN8O3. The van der Waals surface area contributed by atoms with Crippen LogP contribution >= 0.6 is 12.4 Å². The lowest BCUT2D eigenvalue weighted by atomic mass is 10.1. The van der Waals surface area contributed by atoms with Crippen molar-refractivity contribution < 1.29 is 9.53 Å². The van der Waals surface area contributed by atoms with E-state index in [2.05, 4.69) is 20.2 Å². The highest BCUT2D eigenvalue weighted by Gasteiger charge is 2.20. The summed E-state index contributed by atoms with van der Waals surface area (Å²) in [7, 11) is 0. The van der Waals surface area contributed by atoms with Gasteiger partial charge in [-0.05, 0) is 37.2 Å². The normalized spacial score (nSPS) is 13.5. The predicted octanol–water partition coefficient (Wildman–Crippen LogP) is 0.823. The Morgan fingerprint density at radius 2 is 1.88 bits per heavy atom. The second kappa shape index (κ2) is 10.5. The monoisotopic (exact) mass is 474 g/mol. The number of anilines is 4. The highest BCUT2D eigenvalue weighted by molar-refractivity contribution is 6.00. The number of amides is 1. The predicted molar refractivity (Wildman–Crippen MR) is 130 cm³/mol. The minimum Gasteiger partial charge on any atom is -0.384 e. The zero-order chi connectivity index (χ0) is 22.7. The van der Waals surface area contributed by atoms with E-state index in [4.69, 9.17) is 21.9 Å². The maximum absolute atomic E-state index is 12.7. The smallest absolute Gasteiger partial charge is 0.256 e. The molecule has 3 heterocycles. The number of aromatic nitrogens is 3. The van der Waals surface area contributed by atoms with Crippen molar-refractivity contribution in [2.24, 2.45) is 11.5 Å². The molecule has 7 N–H and O–H groups in total. The van der Waals surface area contributed by atoms with E-state index in [1.54, 1.807) is 4.57 Å². The first kappa shape index (κ1) is 24.2. The highest BCUT2D eigenvalue weighted by Crippen LogP contribution is 2.22. The third kappa shape index (κ3) is 5.00. The van der Waals surface area contributed by atoms with Gasteiger partial charge in [0.1, 0.15) is 11.4 Å². The largest absolute Gasteiger partial charge is 0.384 e. The van der Waals surface area contributed by atoms with Gasteiger partial charge in [-0.15, -0.1) is 12.4 Å². The van der Waals surface area contributed by atoms with Crippen LogP contribution in [0.3, 0.4) is 0 Å². The first-order valence-electron chi connectivity index (χ1n) is 10.4. The van der Waals surface area contributed by atoms with Crippen LogP contribution in [0.15, 0.2) is 35.3 Å². The summed E-state index contributed by atoms with van der Waals surface area (Å²) in [6.45, 7) is 3.94. The van der Waals surface area contributed by atoms with Crippen molar-refractivity contribution in [3.8, 4) is 0 Å². The molecule has 1 saturated heterocycles. The second-order valence-corrected chi connectivity index (χ2v) is 7.45. The summed E-state index contributed by atoms with van der Waals surface area (Å²) in [6.07, 6.45) is 1.95. The number of nitrogens with one attached hydrogen (secondary N) is 1. The van der Waals surface area contributed by atoms with Crippen LogP contribution in [0, 0.1) is 0 Å². The number of ether oxygens (including phenoxy) is 1. The summed E-state index contributed by atoms with van der Waals surface area (Å²) in [4.78, 5) is 35.5. The molecule has 1 amide bonds. The molecule has 33 heavy (non-hydrogen) atoms. The molecule has 0 unspecified atom stereocenters. The Morgan fingerprint density at radius 1 is 1.18 bits per heavy atom. The number of hydrogen-bond donors (Lipinski definition) is 4. The van der Waals surface area contributed by atoms with E-state index in [1.807, 2.05) is 24.3 Å². The van der Waals surface area contributed by atoms with E-state index in [9.17, 15) is 9.59 Å². The van der Waals surface area contributed by atoms with Crippen molar-refractivity contribution in [2.75, 3.05) is 48.8 Å². The summed E-state index contributed by atoms with van der Waals surface area (Å²) in [5.74, 6) is -0.620. The Morgan fingerprint density at radius 3 is 2.52 bits per heavy atom. The lowest BCUT2D eigenvalue weighted by Crippen LogP contribution is -2.36. The number of carbonyl (C=O) groups is 1. The number of primary amides is 1. The van der Waals surface area contributed by atoms with Crippen molar-refractivity contribution in [1.29, 1.82) is 0 Å². The number of rotatable bonds is 7. The molecule has 2 aromatic heterocycles. The Balaban J connectivity index is 0.00000306. The molecule has 0 bridgehead atoms. The molecule has 0 spiro atoms. The molecule has 12 heteroatoms. The van der Waals surface area contributed by atoms with Gasteiger partial charge in [0.25, 0.3) is 5.91 Å². The van der Waals surface area contributed by atoms with Crippen molar-refractivity contribution in [2.45, 2.75) is 13.0 Å². The molecule has 1 aliphatic rings. The zero-order valence-corrected chi connectivity index (χ0v) is 18.8. The molecule has 1 aromatic carbocycles. The molecule has 3 aromatic rings. The van der Waals surface area contributed by atoms with Gasteiger partial charge in [-0.25, -0.2) is 4.98 Å². The quantitative estimate of drug-likeness (QED) is 0.387. The highest BCUT2D eigenvalue weighted by atomic mass is 35.5. The van der Waals surface area contributed by atoms with Gasteiger partial charge < -0.3 is 36.7 Å². The van der Waals surface area contributed by atoms with E-state index >= 15 is 0 Å². The number of nitrogens with two attached hydrogens (primary N) is 3. The van der Waals surface area contributed by atoms with Gasteiger partial charge in [-0.3, -0.25) is 9.59 Å². The van der Waals surface area contributed by atoms with Gasteiger partial charge >= 0.3 is 0 Å². The number of aryl methyl sites for hydroxylation is 1. The second-order valence-electron chi connectivity index (χ2n) is 7.45. The van der Waals surface area contributed by atoms with E-state index in [0.29, 0.717) is 31.1 Å². The summed E-state index contributed by atoms with van der Waals surface area (Å²) < 4.78 is 6.98. The first-order valence-corrected chi connectivity index (χ1v) is 10.4. The molecule has 0 aliphatic carbocycles. The molecule has 0 saturated carbocycles. The fourth-order valence-electron chi connectivity index (χ4n) is 3.72. The standard InChI is InChI=1S/C21H26N8O3.ClH/c22-6-1-7-29-18(23)16(19(24)31)17(30)15-12-25-21(27-20(15)29)26-13-2-4-14(5-3-13)28-8-10-32-11-9-28;/h2-5,12H,1,6-11,22-23H2,(H2,24,31)(H,25,26,27);1H. The number of halogens is 1. The maximum Gasteiger partial charge on any atom is 0.256 e. The molecule has 176 valence electrons. The van der Waals surface area contributed by atoms with Crippen LogP contribution in [0.25, 0.3) is 11.0 Å². The van der Waals surface area contributed by atoms with Crippen molar-refractivity contribution >= 4 is 52.5 Å². The number of hydrogen-bond acceptors (Lipinski definition) is 9. The zero-order valence-electron chi connectivity index (χ0n) is 18.0. The van der Waals surface area contributed by atoms with Gasteiger partial charge in [0.2, 0.25) is 11.4 Å². The average Bonchev–Trinajstić information content (AvgIpc) is 2.80. The van der Waals surface area contributed by atoms with E-state index in [0.717, 1.165) is 37.7 Å². The summed E-state index contributed by atoms with van der Waals surface area (Å²) >= 11 is 0. The number of nitrogen functional groups attached to an aromatic ring is 1. The number of pyridine rings is 1. The topological polar surface area (TPSA) is 167 Å². The van der Waals surface area contributed by atoms with Crippen LogP contribution in [0.2, 0.25) is 0 Å². The van der Waals surface area contributed by atoms with Crippen LogP contribution in [-0.4, -0.2) is 53.3 Å². The van der Waals surface area contributed by atoms with Gasteiger partial charge in [-0.2, -0.15) is 4.98 Å². The Kier molecular flexibility index (Phi) is 7.69. The van der Waals surface area contributed by atoms with Crippen molar-refractivity contribution in [1.82, 2.24) is 14.5 Å². The first-order chi connectivity index (χ1) is 15.5. The third-order valence-corrected chi connectivity index (χ3v) is 5.37. The van der Waals surface area contributed by atoms with E-state index in [1.165, 1.54) is 6.20 Å². The molecule has 1 aliphatic heterocycles. The number of morpholine rings is 1. The fourth-order valence-corrected chi connectivity index (χ4v) is 3.72. The molecule has 0 radical (unpaired) electrons. The number of carbonyl (C=O) groups excluding carboxylic acids is 1. The number of benzene rings is 1. The van der Waals surface area contributed by atoms with E-state index < -0.39 is 11.3 Å². The summed E-state index contributed by atoms with van der Waals surface area (Å²) in [5.41, 5.74) is 18.5. The third-order valence-electron chi connectivity index (χ3n) is 5.37. The van der Waals surface area contributed by atoms with Crippen LogP contribution in [-0.2, 0) is 11.3 Å². The summed E-state index contributed by atoms with van der Waals surface area (Å²) in [6, 6.07) is 7.90. The van der Waals surface area contributed by atoms with Gasteiger partial charge in [0.15, 0.2) is 5.65 Å². The van der Waals surface area contributed by atoms with Crippen LogP contribution < -0.4 is 32.8 Å². The molecule has 4 rings (SSSR count). The molecule has 11 nitrogen and oxygen atoms in total. The van der Waals surface area contributed by atoms with Crippen molar-refractivity contribution in [3.05, 3.63) is 46.2 Å². The van der Waals surface area contributed by atoms with Crippen LogP contribution in [0.1, 0.15) is 16.8 Å². The van der Waals surface area contributed by atoms with Gasteiger partial charge in [0.05, 0.1) is 18.6 Å². The lowest BCUT2D eigenvalue weighted by molar-refractivity contribution is 0.0999. The number of nitrogens with zero attached hydrogens (tertiary/aromatic N) is 4. The van der Waals surface area contributed by atoms with Gasteiger partial charge in [0, 0.05) is 37.2 Å². The van der Waals surface area contributed by atoms with Crippen LogP contribution in [0.5, 0.6) is 0 Å². The summed E-state index contributed by atoms with van der Waals surface area (Å²) in [5, 5.41) is 3.31. The molecule has 0 atom stereocenters. The SMILES string of the molecule is Cl.NCCCn1c(N)c(C(N)=O)c(=O)c2cnc(Nc3ccc(N4CCOCC4)cc3)nc21. The van der Waals surface area contributed by atoms with Crippen molar-refractivity contribution in [3.63, 3.8) is 0 Å². The maximum atomic E-state index is 12.7. The Bertz CT molecular complexity index is 1190. The average molecular weight is 475 g/mol. The minimum atomic E-state index is -0.890.